The fraction of sp³-hybridized carbons (Fsp3) is 0.429. The van der Waals surface area contributed by atoms with Crippen LogP contribution in [0.15, 0.2) is 37.4 Å². The van der Waals surface area contributed by atoms with Crippen LogP contribution in [-0.2, 0) is 0 Å². The summed E-state index contributed by atoms with van der Waals surface area (Å²) in [5.74, 6) is 0. The smallest absolute Gasteiger partial charge is 0.326 e. The number of imidazole rings is 2. The molecule has 0 unspecified atom stereocenters. The fourth-order valence-electron chi connectivity index (χ4n) is 1.94. The Bertz CT molecular complexity index is 512. The van der Waals surface area contributed by atoms with Crippen LogP contribution in [0.1, 0.15) is 25.7 Å². The van der Waals surface area contributed by atoms with Gasteiger partial charge >= 0.3 is 12.1 Å². The maximum Gasteiger partial charge on any atom is 0.326 e. The lowest BCUT2D eigenvalue weighted by atomic mass is 10.2. The Morgan fingerprint density at radius 2 is 1.23 bits per heavy atom. The third-order valence-electron chi connectivity index (χ3n) is 3.13. The number of carbonyl (C=O) groups excluding carboxylic acids is 2. The van der Waals surface area contributed by atoms with Crippen molar-refractivity contribution in [3.8, 4) is 0 Å². The van der Waals surface area contributed by atoms with Crippen LogP contribution in [0.2, 0.25) is 0 Å². The molecule has 0 aromatic carbocycles. The van der Waals surface area contributed by atoms with E-state index in [0.717, 1.165) is 25.7 Å². The van der Waals surface area contributed by atoms with Gasteiger partial charge < -0.3 is 10.6 Å². The zero-order valence-electron chi connectivity index (χ0n) is 12.3. The normalized spacial score (nSPS) is 10.4. The van der Waals surface area contributed by atoms with Gasteiger partial charge in [-0.25, -0.2) is 19.6 Å². The molecule has 0 radical (unpaired) electrons. The maximum absolute atomic E-state index is 11.6. The van der Waals surface area contributed by atoms with Crippen molar-refractivity contribution in [1.82, 2.24) is 29.7 Å². The van der Waals surface area contributed by atoms with E-state index >= 15 is 0 Å². The van der Waals surface area contributed by atoms with Crippen LogP contribution in [0, 0.1) is 0 Å². The molecule has 2 N–H and O–H groups in total. The molecular weight excluding hydrogens is 284 g/mol. The molecule has 118 valence electrons. The third kappa shape index (κ3) is 5.04. The molecule has 0 fully saturated rings. The molecule has 0 bridgehead atoms. The molecule has 8 heteroatoms. The molecule has 0 aliphatic rings. The Morgan fingerprint density at radius 1 is 0.773 bits per heavy atom. The molecule has 0 saturated heterocycles. The third-order valence-corrected chi connectivity index (χ3v) is 3.13. The first-order valence-corrected chi connectivity index (χ1v) is 7.29. The Labute approximate surface area is 128 Å². The Kier molecular flexibility index (Phi) is 6.16. The minimum atomic E-state index is -0.162. The van der Waals surface area contributed by atoms with Gasteiger partial charge in [-0.3, -0.25) is 9.13 Å². The summed E-state index contributed by atoms with van der Waals surface area (Å²) in [6.45, 7) is 1.27. The predicted molar refractivity (Wildman–Crippen MR) is 80.5 cm³/mol. The highest BCUT2D eigenvalue weighted by Gasteiger charge is 2.02. The van der Waals surface area contributed by atoms with Gasteiger partial charge in [0, 0.05) is 37.9 Å². The van der Waals surface area contributed by atoms with Crippen LogP contribution in [-0.4, -0.2) is 44.3 Å². The second kappa shape index (κ2) is 8.60. The van der Waals surface area contributed by atoms with E-state index in [1.807, 2.05) is 0 Å². The first-order valence-electron chi connectivity index (χ1n) is 7.29. The molecule has 2 aromatic rings. The van der Waals surface area contributed by atoms with E-state index in [1.54, 1.807) is 24.8 Å². The van der Waals surface area contributed by atoms with Crippen LogP contribution in [0.25, 0.3) is 0 Å². The minimum Gasteiger partial charge on any atom is -0.337 e. The van der Waals surface area contributed by atoms with Crippen molar-refractivity contribution >= 4 is 12.1 Å². The van der Waals surface area contributed by atoms with Crippen LogP contribution < -0.4 is 10.6 Å². The van der Waals surface area contributed by atoms with Crippen molar-refractivity contribution in [1.29, 1.82) is 0 Å². The SMILES string of the molecule is O=C(NCCCCCCNC(=O)n1ccnc1)n1ccnc1. The highest BCUT2D eigenvalue weighted by molar-refractivity contribution is 5.76. The summed E-state index contributed by atoms with van der Waals surface area (Å²) in [5, 5.41) is 5.63. The minimum absolute atomic E-state index is 0.162. The summed E-state index contributed by atoms with van der Waals surface area (Å²) in [7, 11) is 0. The van der Waals surface area contributed by atoms with Crippen molar-refractivity contribution in [3.05, 3.63) is 37.4 Å². The zero-order valence-corrected chi connectivity index (χ0v) is 12.3. The largest absolute Gasteiger partial charge is 0.337 e. The Balaban J connectivity index is 1.45. The van der Waals surface area contributed by atoms with E-state index in [0.29, 0.717) is 13.1 Å². The molecule has 0 aliphatic heterocycles. The monoisotopic (exact) mass is 304 g/mol. The van der Waals surface area contributed by atoms with Crippen molar-refractivity contribution < 1.29 is 9.59 Å². The first kappa shape index (κ1) is 15.7. The average Bonchev–Trinajstić information content (AvgIpc) is 3.22. The molecule has 2 rings (SSSR count). The molecule has 2 aromatic heterocycles. The molecule has 2 amide bonds. The number of rotatable bonds is 7. The van der Waals surface area contributed by atoms with Crippen molar-refractivity contribution in [2.45, 2.75) is 25.7 Å². The summed E-state index contributed by atoms with van der Waals surface area (Å²) in [5.41, 5.74) is 0. The van der Waals surface area contributed by atoms with Gasteiger partial charge in [-0.1, -0.05) is 12.8 Å². The van der Waals surface area contributed by atoms with Gasteiger partial charge in [0.1, 0.15) is 12.7 Å². The highest BCUT2D eigenvalue weighted by Crippen LogP contribution is 1.98. The Hall–Kier alpha value is -2.64. The average molecular weight is 304 g/mol. The number of unbranched alkanes of at least 4 members (excludes halogenated alkanes) is 3. The molecular formula is C14H20N6O2. The van der Waals surface area contributed by atoms with Crippen LogP contribution in [0.4, 0.5) is 9.59 Å². The second-order valence-corrected chi connectivity index (χ2v) is 4.82. The number of hydrogen-bond donors (Lipinski definition) is 2. The van der Waals surface area contributed by atoms with Crippen LogP contribution in [0.3, 0.4) is 0 Å². The topological polar surface area (TPSA) is 93.8 Å². The number of hydrogen-bond acceptors (Lipinski definition) is 4. The lowest BCUT2D eigenvalue weighted by molar-refractivity contribution is 0.241. The van der Waals surface area contributed by atoms with Gasteiger partial charge in [0.05, 0.1) is 0 Å². The Morgan fingerprint density at radius 3 is 1.59 bits per heavy atom. The summed E-state index contributed by atoms with van der Waals surface area (Å²) in [6, 6.07) is -0.324. The van der Waals surface area contributed by atoms with E-state index in [9.17, 15) is 9.59 Å². The highest BCUT2D eigenvalue weighted by atomic mass is 16.2. The fourth-order valence-corrected chi connectivity index (χ4v) is 1.94. The van der Waals surface area contributed by atoms with Crippen LogP contribution >= 0.6 is 0 Å². The van der Waals surface area contributed by atoms with Crippen molar-refractivity contribution in [2.75, 3.05) is 13.1 Å². The van der Waals surface area contributed by atoms with Gasteiger partial charge in [-0.15, -0.1) is 0 Å². The van der Waals surface area contributed by atoms with E-state index in [4.69, 9.17) is 0 Å². The lowest BCUT2D eigenvalue weighted by Gasteiger charge is -2.06. The second-order valence-electron chi connectivity index (χ2n) is 4.82. The summed E-state index contributed by atoms with van der Waals surface area (Å²) >= 11 is 0. The molecule has 0 aliphatic carbocycles. The molecule has 0 saturated carbocycles. The van der Waals surface area contributed by atoms with Gasteiger partial charge in [0.2, 0.25) is 0 Å². The number of carbonyl (C=O) groups is 2. The number of amides is 2. The quantitative estimate of drug-likeness (QED) is 0.757. The van der Waals surface area contributed by atoms with Crippen molar-refractivity contribution in [3.63, 3.8) is 0 Å². The van der Waals surface area contributed by atoms with E-state index in [1.165, 1.54) is 21.8 Å². The molecule has 8 nitrogen and oxygen atoms in total. The van der Waals surface area contributed by atoms with Gasteiger partial charge in [-0.2, -0.15) is 0 Å². The zero-order chi connectivity index (χ0) is 15.6. The molecule has 22 heavy (non-hydrogen) atoms. The maximum atomic E-state index is 11.6. The number of nitrogens with zero attached hydrogens (tertiary/aromatic N) is 4. The summed E-state index contributed by atoms with van der Waals surface area (Å²) in [6.07, 6.45) is 13.1. The van der Waals surface area contributed by atoms with Gasteiger partial charge in [-0.05, 0) is 12.8 Å². The van der Waals surface area contributed by atoms with Crippen molar-refractivity contribution in [2.24, 2.45) is 0 Å². The van der Waals surface area contributed by atoms with E-state index in [-0.39, 0.29) is 12.1 Å². The lowest BCUT2D eigenvalue weighted by Crippen LogP contribution is -2.29. The molecule has 0 atom stereocenters. The predicted octanol–water partition coefficient (Wildman–Crippen LogP) is 1.46. The number of aromatic nitrogens is 4. The summed E-state index contributed by atoms with van der Waals surface area (Å²) < 4.78 is 2.82. The van der Waals surface area contributed by atoms with E-state index < -0.39 is 0 Å². The number of nitrogens with one attached hydrogen (secondary N) is 2. The van der Waals surface area contributed by atoms with E-state index in [2.05, 4.69) is 20.6 Å². The summed E-state index contributed by atoms with van der Waals surface area (Å²) in [4.78, 5) is 30.8. The van der Waals surface area contributed by atoms with Crippen LogP contribution in [0.5, 0.6) is 0 Å². The van der Waals surface area contributed by atoms with Gasteiger partial charge in [0.25, 0.3) is 0 Å². The molecule has 0 spiro atoms. The molecule has 2 heterocycles. The standard InChI is InChI=1S/C14H20N6O2/c21-13(19-9-7-15-11-19)17-5-3-1-2-4-6-18-14(22)20-10-8-16-12-20/h7-12H,1-6H2,(H,17,21)(H,18,22). The first-order chi connectivity index (χ1) is 10.8. The van der Waals surface area contributed by atoms with Gasteiger partial charge in [0.15, 0.2) is 0 Å².